The van der Waals surface area contributed by atoms with Gasteiger partial charge in [-0.1, -0.05) is 12.1 Å². The number of carbonyl (C=O) groups excluding carboxylic acids is 1. The van der Waals surface area contributed by atoms with Gasteiger partial charge in [0.05, 0.1) is 17.3 Å². The van der Waals surface area contributed by atoms with Gasteiger partial charge in [-0.3, -0.25) is 4.79 Å². The normalized spacial score (nSPS) is 7.08. The molecule has 1 aromatic rings. The number of hydrogen-bond donors (Lipinski definition) is 3. The fourth-order valence-corrected chi connectivity index (χ4v) is 0.587. The first-order valence-corrected chi connectivity index (χ1v) is 3.33. The molecular weight excluding hydrogens is 168 g/mol. The number of aromatic hydroxyl groups is 1. The van der Waals surface area contributed by atoms with Crippen LogP contribution in [0.2, 0.25) is 0 Å². The van der Waals surface area contributed by atoms with Crippen molar-refractivity contribution in [2.45, 2.75) is 0 Å². The summed E-state index contributed by atoms with van der Waals surface area (Å²) in [6.07, 6.45) is 0.620. The number of hydrogen-bond acceptors (Lipinski definition) is 4. The fourth-order valence-electron chi connectivity index (χ4n) is 0.587. The average molecular weight is 176 g/mol. The zero-order valence-corrected chi connectivity index (χ0v) is 6.74. The summed E-state index contributed by atoms with van der Waals surface area (Å²) < 4.78 is 0. The van der Waals surface area contributed by atoms with Gasteiger partial charge in [0.15, 0.2) is 6.29 Å². The molecule has 0 saturated heterocycles. The maximum Gasteiger partial charge on any atom is 0.153 e. The Kier molecular flexibility index (Phi) is 5.47. The summed E-state index contributed by atoms with van der Waals surface area (Å²) in [5.41, 5.74) is 0.331. The molecule has 13 heavy (non-hydrogen) atoms. The van der Waals surface area contributed by atoms with Crippen LogP contribution in [0.3, 0.4) is 0 Å². The van der Waals surface area contributed by atoms with Crippen molar-refractivity contribution in [2.75, 3.05) is 0 Å². The van der Waals surface area contributed by atoms with Crippen LogP contribution in [0.1, 0.15) is 10.4 Å². The van der Waals surface area contributed by atoms with E-state index in [2.05, 4.69) is 0 Å². The highest BCUT2D eigenvalue weighted by Gasteiger charge is 1.93. The molecule has 1 aromatic carbocycles. The Bertz CT molecular complexity index is 340. The van der Waals surface area contributed by atoms with Gasteiger partial charge >= 0.3 is 0 Å². The standard InChI is InChI=1S/C7H6O2.C2H2N2/c8-5-6-3-1-2-4-7(6)9;3-1-2-4/h1-5,9H;3-4H. The highest BCUT2D eigenvalue weighted by Crippen LogP contribution is 2.11. The number of phenols is 1. The van der Waals surface area contributed by atoms with Gasteiger partial charge in [-0.2, -0.15) is 0 Å². The molecule has 66 valence electrons. The Morgan fingerprint density at radius 3 is 2.08 bits per heavy atom. The van der Waals surface area contributed by atoms with Crippen LogP contribution in [0.25, 0.3) is 0 Å². The maximum atomic E-state index is 10.1. The minimum atomic E-state index is 0.0347. The number of phenolic OH excluding ortho intramolecular Hbond substituents is 1. The number of benzene rings is 1. The Hall–Kier alpha value is -2.15. The number of rotatable bonds is 1. The third kappa shape index (κ3) is 4.32. The van der Waals surface area contributed by atoms with E-state index in [-0.39, 0.29) is 5.75 Å². The van der Waals surface area contributed by atoms with Crippen molar-refractivity contribution in [1.82, 2.24) is 0 Å². The predicted molar refractivity (Wildman–Crippen MR) is 48.9 cm³/mol. The molecule has 4 heteroatoms. The molecule has 3 N–H and O–H groups in total. The SMILES string of the molecule is N=C=C=N.O=Cc1ccccc1O. The number of carbonyl (C=O) groups is 1. The van der Waals surface area contributed by atoms with Crippen molar-refractivity contribution < 1.29 is 9.90 Å². The van der Waals surface area contributed by atoms with Gasteiger partial charge in [0.2, 0.25) is 0 Å². The minimum absolute atomic E-state index is 0.0347. The Morgan fingerprint density at radius 2 is 1.77 bits per heavy atom. The van der Waals surface area contributed by atoms with Gasteiger partial charge in [0.1, 0.15) is 5.75 Å². The second-order valence-electron chi connectivity index (χ2n) is 1.93. The lowest BCUT2D eigenvalue weighted by atomic mass is 10.2. The summed E-state index contributed by atoms with van der Waals surface area (Å²) in [5.74, 6) is 3.23. The lowest BCUT2D eigenvalue weighted by molar-refractivity contribution is 0.112. The minimum Gasteiger partial charge on any atom is -0.507 e. The molecule has 0 unspecified atom stereocenters. The van der Waals surface area contributed by atoms with E-state index in [1.54, 1.807) is 29.9 Å². The molecular formula is C9H8N2O2. The lowest BCUT2D eigenvalue weighted by Crippen LogP contribution is -1.77. The van der Waals surface area contributed by atoms with E-state index >= 15 is 0 Å². The molecule has 0 saturated carbocycles. The number of aldehydes is 1. The van der Waals surface area contributed by atoms with E-state index in [1.807, 2.05) is 0 Å². The number of para-hydroxylation sites is 1. The number of nitrogens with one attached hydrogen (secondary N) is 2. The van der Waals surface area contributed by atoms with Gasteiger partial charge in [-0.05, 0) is 12.1 Å². The monoisotopic (exact) mass is 176 g/mol. The Labute approximate surface area is 75.2 Å². The fraction of sp³-hybridized carbons (Fsp3) is 0. The van der Waals surface area contributed by atoms with Crippen molar-refractivity contribution in [2.24, 2.45) is 0 Å². The van der Waals surface area contributed by atoms with Gasteiger partial charge in [-0.15, -0.1) is 0 Å². The van der Waals surface area contributed by atoms with Crippen LogP contribution in [-0.2, 0) is 0 Å². The van der Waals surface area contributed by atoms with Crippen LogP contribution in [-0.4, -0.2) is 23.1 Å². The van der Waals surface area contributed by atoms with E-state index in [4.69, 9.17) is 15.9 Å². The highest BCUT2D eigenvalue weighted by atomic mass is 16.3. The van der Waals surface area contributed by atoms with Crippen molar-refractivity contribution in [3.63, 3.8) is 0 Å². The third-order valence-corrected chi connectivity index (χ3v) is 1.13. The molecule has 0 fully saturated rings. The summed E-state index contributed by atoms with van der Waals surface area (Å²) in [7, 11) is 0. The smallest absolute Gasteiger partial charge is 0.153 e. The van der Waals surface area contributed by atoms with Gasteiger partial charge < -0.3 is 5.11 Å². The van der Waals surface area contributed by atoms with E-state index < -0.39 is 0 Å². The van der Waals surface area contributed by atoms with Gasteiger partial charge in [-0.25, -0.2) is 10.8 Å². The van der Waals surface area contributed by atoms with E-state index in [1.165, 1.54) is 6.07 Å². The zero-order valence-electron chi connectivity index (χ0n) is 6.74. The predicted octanol–water partition coefficient (Wildman–Crippen LogP) is 1.24. The highest BCUT2D eigenvalue weighted by molar-refractivity contribution is 5.84. The molecule has 0 atom stereocenters. The molecule has 0 amide bonds. The van der Waals surface area contributed by atoms with Crippen LogP contribution in [0.5, 0.6) is 5.75 Å². The maximum absolute atomic E-state index is 10.1. The van der Waals surface area contributed by atoms with Crippen LogP contribution in [0.15, 0.2) is 24.3 Å². The second-order valence-corrected chi connectivity index (χ2v) is 1.93. The van der Waals surface area contributed by atoms with E-state index in [0.29, 0.717) is 11.8 Å². The van der Waals surface area contributed by atoms with Crippen molar-refractivity contribution in [3.8, 4) is 5.75 Å². The van der Waals surface area contributed by atoms with Crippen LogP contribution in [0.4, 0.5) is 0 Å². The van der Waals surface area contributed by atoms with Crippen molar-refractivity contribution >= 4 is 18.0 Å². The Balaban J connectivity index is 0.000000310. The third-order valence-electron chi connectivity index (χ3n) is 1.13. The molecule has 1 rings (SSSR count). The quantitative estimate of drug-likeness (QED) is 0.444. The molecule has 0 aliphatic rings. The molecule has 0 spiro atoms. The molecule has 0 radical (unpaired) electrons. The zero-order chi connectivity index (χ0) is 10.1. The first-order chi connectivity index (χ1) is 6.26. The Morgan fingerprint density at radius 1 is 1.23 bits per heavy atom. The summed E-state index contributed by atoms with van der Waals surface area (Å²) in [4.78, 5) is 10.1. The van der Waals surface area contributed by atoms with Crippen molar-refractivity contribution in [1.29, 1.82) is 10.8 Å². The largest absolute Gasteiger partial charge is 0.507 e. The van der Waals surface area contributed by atoms with Gasteiger partial charge in [0.25, 0.3) is 0 Å². The molecule has 4 nitrogen and oxygen atoms in total. The summed E-state index contributed by atoms with van der Waals surface area (Å²) in [6.45, 7) is 0. The van der Waals surface area contributed by atoms with Crippen LogP contribution in [0, 0.1) is 10.8 Å². The summed E-state index contributed by atoms with van der Waals surface area (Å²) >= 11 is 0. The molecule has 0 bridgehead atoms. The molecule has 0 aliphatic heterocycles. The molecule has 0 heterocycles. The summed E-state index contributed by atoms with van der Waals surface area (Å²) in [5, 5.41) is 20.7. The molecule has 0 aromatic heterocycles. The molecule has 0 aliphatic carbocycles. The van der Waals surface area contributed by atoms with Gasteiger partial charge in [0, 0.05) is 0 Å². The van der Waals surface area contributed by atoms with Crippen LogP contribution < -0.4 is 0 Å². The topological polar surface area (TPSA) is 85.0 Å². The lowest BCUT2D eigenvalue weighted by Gasteiger charge is -1.91. The van der Waals surface area contributed by atoms with Crippen LogP contribution >= 0.6 is 0 Å². The first kappa shape index (κ1) is 10.9. The first-order valence-electron chi connectivity index (χ1n) is 3.33. The summed E-state index contributed by atoms with van der Waals surface area (Å²) in [6, 6.07) is 6.40. The van der Waals surface area contributed by atoms with E-state index in [9.17, 15) is 4.79 Å². The van der Waals surface area contributed by atoms with E-state index in [0.717, 1.165) is 0 Å². The average Bonchev–Trinajstić information content (AvgIpc) is 2.19. The van der Waals surface area contributed by atoms with Crippen molar-refractivity contribution in [3.05, 3.63) is 29.8 Å². The second kappa shape index (κ2) is 6.55.